The molecule has 0 saturated carbocycles. The first kappa shape index (κ1) is 12.3. The lowest BCUT2D eigenvalue weighted by Gasteiger charge is -2.11. The highest BCUT2D eigenvalue weighted by atomic mass is 127. The normalized spacial score (nSPS) is 10.1. The number of phenols is 1. The Balaban J connectivity index is 3.12. The van der Waals surface area contributed by atoms with E-state index in [2.05, 4.69) is 0 Å². The number of ether oxygens (including phenoxy) is 2. The fraction of sp³-hybridized carbons (Fsp3) is 0.300. The molecule has 0 spiro atoms. The minimum Gasteiger partial charge on any atom is -0.504 e. The minimum absolute atomic E-state index is 0.0327. The molecule has 4 nitrogen and oxygen atoms in total. The lowest BCUT2D eigenvalue weighted by atomic mass is 10.1. The predicted octanol–water partition coefficient (Wildman–Crippen LogP) is 2.18. The summed E-state index contributed by atoms with van der Waals surface area (Å²) in [5, 5.41) is 9.76. The summed E-state index contributed by atoms with van der Waals surface area (Å²) in [6.07, 6.45) is 0. The van der Waals surface area contributed by atoms with Crippen molar-refractivity contribution in [2.75, 3.05) is 13.9 Å². The summed E-state index contributed by atoms with van der Waals surface area (Å²) in [5.74, 6) is -0.0530. The molecule has 0 unspecified atom stereocenters. The van der Waals surface area contributed by atoms with Gasteiger partial charge in [-0.1, -0.05) is 0 Å². The lowest BCUT2D eigenvalue weighted by Crippen LogP contribution is -2.03. The number of Topliss-reactive ketones (excluding diaryl/α,β-unsaturated/α-hetero) is 1. The van der Waals surface area contributed by atoms with Crippen LogP contribution in [0.5, 0.6) is 11.5 Å². The summed E-state index contributed by atoms with van der Waals surface area (Å²) in [6.45, 7) is 1.42. The van der Waals surface area contributed by atoms with Crippen LogP contribution in [0.1, 0.15) is 17.3 Å². The van der Waals surface area contributed by atoms with Gasteiger partial charge in [-0.05, 0) is 41.6 Å². The van der Waals surface area contributed by atoms with Gasteiger partial charge in [0, 0.05) is 7.11 Å². The number of aromatic hydroxyl groups is 1. The monoisotopic (exact) mass is 322 g/mol. The summed E-state index contributed by atoms with van der Waals surface area (Å²) in [5.41, 5.74) is 0.251. The van der Waals surface area contributed by atoms with Gasteiger partial charge in [-0.3, -0.25) is 4.79 Å². The van der Waals surface area contributed by atoms with Gasteiger partial charge in [-0.2, -0.15) is 0 Å². The molecule has 0 aromatic heterocycles. The Morgan fingerprint density at radius 3 is 2.73 bits per heavy atom. The van der Waals surface area contributed by atoms with Crippen molar-refractivity contribution >= 4 is 28.4 Å². The smallest absolute Gasteiger partial charge is 0.188 e. The molecule has 0 amide bonds. The SMILES string of the molecule is COCOc1c(I)ccc(C(C)=O)c1O. The van der Waals surface area contributed by atoms with Crippen LogP contribution in [-0.2, 0) is 4.74 Å². The first-order valence-electron chi connectivity index (χ1n) is 4.22. The molecule has 1 N–H and O–H groups in total. The molecular formula is C10H11IO4. The molecule has 1 aromatic carbocycles. The number of ketones is 1. The van der Waals surface area contributed by atoms with Crippen molar-refractivity contribution in [1.82, 2.24) is 0 Å². The maximum absolute atomic E-state index is 11.2. The Morgan fingerprint density at radius 2 is 2.20 bits per heavy atom. The van der Waals surface area contributed by atoms with Crippen LogP contribution in [0.3, 0.4) is 0 Å². The molecule has 5 heteroatoms. The second-order valence-electron chi connectivity index (χ2n) is 2.88. The van der Waals surface area contributed by atoms with Crippen molar-refractivity contribution in [2.45, 2.75) is 6.92 Å². The van der Waals surface area contributed by atoms with Crippen LogP contribution in [-0.4, -0.2) is 24.8 Å². The van der Waals surface area contributed by atoms with Crippen molar-refractivity contribution in [1.29, 1.82) is 0 Å². The Hall–Kier alpha value is -0.820. The summed E-state index contributed by atoms with van der Waals surface area (Å²) in [6, 6.07) is 3.28. The van der Waals surface area contributed by atoms with E-state index in [0.29, 0.717) is 0 Å². The zero-order valence-corrected chi connectivity index (χ0v) is 10.6. The van der Waals surface area contributed by atoms with Crippen molar-refractivity contribution < 1.29 is 19.4 Å². The number of benzene rings is 1. The first-order chi connectivity index (χ1) is 7.07. The van der Waals surface area contributed by atoms with Gasteiger partial charge < -0.3 is 14.6 Å². The number of carbonyl (C=O) groups excluding carboxylic acids is 1. The first-order valence-corrected chi connectivity index (χ1v) is 5.30. The molecule has 0 saturated heterocycles. The molecule has 1 rings (SSSR count). The highest BCUT2D eigenvalue weighted by Gasteiger charge is 2.15. The van der Waals surface area contributed by atoms with Crippen LogP contribution in [0.4, 0.5) is 0 Å². The topological polar surface area (TPSA) is 55.8 Å². The second-order valence-corrected chi connectivity index (χ2v) is 4.04. The van der Waals surface area contributed by atoms with E-state index in [1.807, 2.05) is 22.6 Å². The summed E-state index contributed by atoms with van der Waals surface area (Å²) >= 11 is 2.01. The van der Waals surface area contributed by atoms with E-state index in [1.165, 1.54) is 14.0 Å². The number of hydrogen-bond donors (Lipinski definition) is 1. The Labute approximate surface area is 101 Å². The van der Waals surface area contributed by atoms with Gasteiger partial charge in [0.1, 0.15) is 0 Å². The Bertz CT molecular complexity index is 376. The zero-order valence-electron chi connectivity index (χ0n) is 8.41. The number of rotatable bonds is 4. The fourth-order valence-electron chi connectivity index (χ4n) is 1.09. The van der Waals surface area contributed by atoms with Crippen LogP contribution in [0, 0.1) is 3.57 Å². The Morgan fingerprint density at radius 1 is 1.53 bits per heavy atom. The van der Waals surface area contributed by atoms with Crippen LogP contribution in [0.25, 0.3) is 0 Å². The number of halogens is 1. The van der Waals surface area contributed by atoms with Gasteiger partial charge in [0.15, 0.2) is 24.1 Å². The summed E-state index contributed by atoms with van der Waals surface area (Å²) in [7, 11) is 1.48. The average Bonchev–Trinajstić information content (AvgIpc) is 2.17. The third kappa shape index (κ3) is 2.82. The zero-order chi connectivity index (χ0) is 11.4. The second kappa shape index (κ2) is 5.32. The van der Waals surface area contributed by atoms with Crippen LogP contribution < -0.4 is 4.74 Å². The molecule has 0 aliphatic heterocycles. The average molecular weight is 322 g/mol. The van der Waals surface area contributed by atoms with E-state index in [1.54, 1.807) is 12.1 Å². The molecule has 0 aliphatic carbocycles. The van der Waals surface area contributed by atoms with E-state index in [0.717, 1.165) is 3.57 Å². The molecule has 0 fully saturated rings. The fourth-order valence-corrected chi connectivity index (χ4v) is 1.68. The highest BCUT2D eigenvalue weighted by molar-refractivity contribution is 14.1. The van der Waals surface area contributed by atoms with Crippen molar-refractivity contribution in [2.24, 2.45) is 0 Å². The van der Waals surface area contributed by atoms with Crippen molar-refractivity contribution in [3.63, 3.8) is 0 Å². The maximum Gasteiger partial charge on any atom is 0.188 e. The molecule has 15 heavy (non-hydrogen) atoms. The van der Waals surface area contributed by atoms with Crippen LogP contribution >= 0.6 is 22.6 Å². The third-order valence-electron chi connectivity index (χ3n) is 1.78. The van der Waals surface area contributed by atoms with Gasteiger partial charge in [0.2, 0.25) is 0 Å². The van der Waals surface area contributed by atoms with Gasteiger partial charge in [0.05, 0.1) is 9.13 Å². The maximum atomic E-state index is 11.2. The molecule has 0 heterocycles. The van der Waals surface area contributed by atoms with Gasteiger partial charge in [0.25, 0.3) is 0 Å². The largest absolute Gasteiger partial charge is 0.504 e. The van der Waals surface area contributed by atoms with Gasteiger partial charge >= 0.3 is 0 Å². The van der Waals surface area contributed by atoms with Crippen molar-refractivity contribution in [3.8, 4) is 11.5 Å². The number of phenolic OH excluding ortho intramolecular Hbond substituents is 1. The van der Waals surface area contributed by atoms with E-state index < -0.39 is 0 Å². The van der Waals surface area contributed by atoms with Gasteiger partial charge in [-0.25, -0.2) is 0 Å². The number of carbonyl (C=O) groups is 1. The standard InChI is InChI=1S/C10H11IO4/c1-6(12)7-3-4-8(11)10(9(7)13)15-5-14-2/h3-4,13H,5H2,1-2H3. The highest BCUT2D eigenvalue weighted by Crippen LogP contribution is 2.34. The number of hydrogen-bond acceptors (Lipinski definition) is 4. The lowest BCUT2D eigenvalue weighted by molar-refractivity contribution is 0.0484. The van der Waals surface area contributed by atoms with E-state index in [-0.39, 0.29) is 29.6 Å². The number of methoxy groups -OCH3 is 1. The van der Waals surface area contributed by atoms with Crippen LogP contribution in [0.15, 0.2) is 12.1 Å². The van der Waals surface area contributed by atoms with E-state index in [4.69, 9.17) is 9.47 Å². The quantitative estimate of drug-likeness (QED) is 0.524. The summed E-state index contributed by atoms with van der Waals surface area (Å²) in [4.78, 5) is 11.2. The molecule has 0 atom stereocenters. The summed E-state index contributed by atoms with van der Waals surface area (Å²) < 4.78 is 10.6. The van der Waals surface area contributed by atoms with Gasteiger partial charge in [-0.15, -0.1) is 0 Å². The van der Waals surface area contributed by atoms with Crippen molar-refractivity contribution in [3.05, 3.63) is 21.3 Å². The van der Waals surface area contributed by atoms with Crippen LogP contribution in [0.2, 0.25) is 0 Å². The van der Waals surface area contributed by atoms with E-state index in [9.17, 15) is 9.90 Å². The molecule has 0 bridgehead atoms. The Kier molecular flexibility index (Phi) is 4.34. The third-order valence-corrected chi connectivity index (χ3v) is 2.63. The van der Waals surface area contributed by atoms with E-state index >= 15 is 0 Å². The molecular weight excluding hydrogens is 311 g/mol. The molecule has 0 radical (unpaired) electrons. The molecule has 82 valence electrons. The minimum atomic E-state index is -0.203. The molecule has 0 aliphatic rings. The molecule has 1 aromatic rings. The predicted molar refractivity (Wildman–Crippen MR) is 63.3 cm³/mol.